The fourth-order valence-corrected chi connectivity index (χ4v) is 1.37. The molecule has 1 atom stereocenters. The predicted octanol–water partition coefficient (Wildman–Crippen LogP) is 1.93. The Morgan fingerprint density at radius 2 is 2.20 bits per heavy atom. The van der Waals surface area contributed by atoms with Crippen molar-refractivity contribution in [2.24, 2.45) is 11.7 Å². The standard InChI is InChI=1S/C11H18N2O2/c1-7(2)4-5-10(12)11(14)9-6-15-13-8(9)3/h6-7,10H,4-5,12H2,1-3H3. The summed E-state index contributed by atoms with van der Waals surface area (Å²) in [6, 6.07) is -0.439. The van der Waals surface area contributed by atoms with Crippen LogP contribution in [0.3, 0.4) is 0 Å². The molecule has 1 aromatic heterocycles. The van der Waals surface area contributed by atoms with E-state index in [0.717, 1.165) is 6.42 Å². The smallest absolute Gasteiger partial charge is 0.184 e. The van der Waals surface area contributed by atoms with Gasteiger partial charge in [-0.3, -0.25) is 4.79 Å². The highest BCUT2D eigenvalue weighted by molar-refractivity contribution is 6.00. The number of hydrogen-bond donors (Lipinski definition) is 1. The van der Waals surface area contributed by atoms with Crippen LogP contribution in [0.15, 0.2) is 10.8 Å². The third-order valence-corrected chi connectivity index (χ3v) is 2.41. The van der Waals surface area contributed by atoms with Crippen molar-refractivity contribution < 1.29 is 9.32 Å². The number of rotatable bonds is 5. The molecule has 0 spiro atoms. The number of aryl methyl sites for hydroxylation is 1. The first-order valence-corrected chi connectivity index (χ1v) is 5.23. The maximum atomic E-state index is 11.8. The zero-order valence-electron chi connectivity index (χ0n) is 9.49. The number of carbonyl (C=O) groups excluding carboxylic acids is 1. The summed E-state index contributed by atoms with van der Waals surface area (Å²) < 4.78 is 4.72. The minimum atomic E-state index is -0.439. The van der Waals surface area contributed by atoms with Crippen LogP contribution in [-0.2, 0) is 0 Å². The van der Waals surface area contributed by atoms with Gasteiger partial charge in [-0.2, -0.15) is 0 Å². The van der Waals surface area contributed by atoms with Crippen LogP contribution >= 0.6 is 0 Å². The Kier molecular flexibility index (Phi) is 4.03. The lowest BCUT2D eigenvalue weighted by molar-refractivity contribution is 0.0953. The molecule has 1 unspecified atom stereocenters. The second-order valence-corrected chi connectivity index (χ2v) is 4.26. The van der Waals surface area contributed by atoms with Crippen LogP contribution in [-0.4, -0.2) is 17.0 Å². The Morgan fingerprint density at radius 3 is 2.67 bits per heavy atom. The van der Waals surface area contributed by atoms with E-state index < -0.39 is 6.04 Å². The summed E-state index contributed by atoms with van der Waals surface area (Å²) in [5.74, 6) is 0.488. The number of nitrogens with two attached hydrogens (primary N) is 1. The van der Waals surface area contributed by atoms with Crippen LogP contribution in [0.25, 0.3) is 0 Å². The molecule has 0 aliphatic heterocycles. The van der Waals surface area contributed by atoms with Crippen molar-refractivity contribution in [1.29, 1.82) is 0 Å². The van der Waals surface area contributed by atoms with Crippen LogP contribution in [0.4, 0.5) is 0 Å². The average Bonchev–Trinajstić information content (AvgIpc) is 2.59. The van der Waals surface area contributed by atoms with Gasteiger partial charge in [-0.15, -0.1) is 0 Å². The summed E-state index contributed by atoms with van der Waals surface area (Å²) in [4.78, 5) is 11.8. The third-order valence-electron chi connectivity index (χ3n) is 2.41. The highest BCUT2D eigenvalue weighted by atomic mass is 16.5. The summed E-state index contributed by atoms with van der Waals surface area (Å²) in [7, 11) is 0. The minimum absolute atomic E-state index is 0.0746. The average molecular weight is 210 g/mol. The molecule has 0 bridgehead atoms. The SMILES string of the molecule is Cc1nocc1C(=O)C(N)CCC(C)C. The van der Waals surface area contributed by atoms with Crippen molar-refractivity contribution in [3.05, 3.63) is 17.5 Å². The molecule has 0 fully saturated rings. The number of ketones is 1. The largest absolute Gasteiger partial charge is 0.364 e. The summed E-state index contributed by atoms with van der Waals surface area (Å²) in [6.07, 6.45) is 3.03. The molecule has 4 nitrogen and oxygen atoms in total. The molecule has 0 aliphatic rings. The van der Waals surface area contributed by atoms with Gasteiger partial charge in [0.05, 0.1) is 17.3 Å². The molecule has 1 aromatic rings. The molecule has 0 saturated heterocycles. The van der Waals surface area contributed by atoms with Gasteiger partial charge in [0.15, 0.2) is 5.78 Å². The Morgan fingerprint density at radius 1 is 1.53 bits per heavy atom. The summed E-state index contributed by atoms with van der Waals surface area (Å²) in [6.45, 7) is 5.97. The molecular formula is C11H18N2O2. The zero-order valence-corrected chi connectivity index (χ0v) is 9.49. The van der Waals surface area contributed by atoms with E-state index in [4.69, 9.17) is 10.3 Å². The number of Topliss-reactive ketones (excluding diaryl/α,β-unsaturated/α-hetero) is 1. The first-order valence-electron chi connectivity index (χ1n) is 5.23. The van der Waals surface area contributed by atoms with E-state index in [1.807, 2.05) is 0 Å². The maximum Gasteiger partial charge on any atom is 0.184 e. The van der Waals surface area contributed by atoms with Crippen molar-refractivity contribution in [3.8, 4) is 0 Å². The number of carbonyl (C=O) groups is 1. The highest BCUT2D eigenvalue weighted by Crippen LogP contribution is 2.12. The van der Waals surface area contributed by atoms with E-state index >= 15 is 0 Å². The Bertz CT molecular complexity index is 331. The Labute approximate surface area is 89.8 Å². The fourth-order valence-electron chi connectivity index (χ4n) is 1.37. The van der Waals surface area contributed by atoms with Crippen LogP contribution in [0.2, 0.25) is 0 Å². The van der Waals surface area contributed by atoms with Crippen LogP contribution in [0.5, 0.6) is 0 Å². The van der Waals surface area contributed by atoms with Crippen LogP contribution in [0.1, 0.15) is 42.7 Å². The predicted molar refractivity (Wildman–Crippen MR) is 57.6 cm³/mol. The van der Waals surface area contributed by atoms with Crippen LogP contribution < -0.4 is 5.73 Å². The monoisotopic (exact) mass is 210 g/mol. The second-order valence-electron chi connectivity index (χ2n) is 4.26. The first-order chi connectivity index (χ1) is 7.02. The lowest BCUT2D eigenvalue weighted by atomic mass is 9.98. The van der Waals surface area contributed by atoms with E-state index in [1.54, 1.807) is 6.92 Å². The van der Waals surface area contributed by atoms with Crippen molar-refractivity contribution in [1.82, 2.24) is 5.16 Å². The van der Waals surface area contributed by atoms with Crippen molar-refractivity contribution >= 4 is 5.78 Å². The van der Waals surface area contributed by atoms with E-state index in [9.17, 15) is 4.79 Å². The topological polar surface area (TPSA) is 69.1 Å². The molecule has 0 radical (unpaired) electrons. The molecule has 0 aromatic carbocycles. The van der Waals surface area contributed by atoms with Gasteiger partial charge >= 0.3 is 0 Å². The minimum Gasteiger partial charge on any atom is -0.364 e. The molecule has 0 aliphatic carbocycles. The van der Waals surface area contributed by atoms with Gasteiger partial charge in [-0.05, 0) is 25.7 Å². The van der Waals surface area contributed by atoms with E-state index in [0.29, 0.717) is 23.6 Å². The Balaban J connectivity index is 2.57. The molecule has 2 N–H and O–H groups in total. The van der Waals surface area contributed by atoms with E-state index in [2.05, 4.69) is 19.0 Å². The van der Waals surface area contributed by atoms with Crippen molar-refractivity contribution in [2.45, 2.75) is 39.7 Å². The summed E-state index contributed by atoms with van der Waals surface area (Å²) in [5.41, 5.74) is 6.92. The fraction of sp³-hybridized carbons (Fsp3) is 0.636. The first kappa shape index (κ1) is 11.9. The number of aromatic nitrogens is 1. The van der Waals surface area contributed by atoms with Crippen molar-refractivity contribution in [3.63, 3.8) is 0 Å². The zero-order chi connectivity index (χ0) is 11.4. The number of nitrogens with zero attached hydrogens (tertiary/aromatic N) is 1. The quantitative estimate of drug-likeness (QED) is 0.754. The third kappa shape index (κ3) is 3.16. The molecule has 4 heteroatoms. The molecule has 1 heterocycles. The van der Waals surface area contributed by atoms with E-state index in [-0.39, 0.29) is 5.78 Å². The molecule has 84 valence electrons. The van der Waals surface area contributed by atoms with Gasteiger partial charge in [0.25, 0.3) is 0 Å². The van der Waals surface area contributed by atoms with Crippen molar-refractivity contribution in [2.75, 3.05) is 0 Å². The molecular weight excluding hydrogens is 192 g/mol. The lowest BCUT2D eigenvalue weighted by Gasteiger charge is -2.10. The highest BCUT2D eigenvalue weighted by Gasteiger charge is 2.19. The molecule has 15 heavy (non-hydrogen) atoms. The van der Waals surface area contributed by atoms with Gasteiger partial charge in [0, 0.05) is 0 Å². The maximum absolute atomic E-state index is 11.8. The van der Waals surface area contributed by atoms with Gasteiger partial charge in [-0.25, -0.2) is 0 Å². The lowest BCUT2D eigenvalue weighted by Crippen LogP contribution is -2.31. The van der Waals surface area contributed by atoms with Gasteiger partial charge < -0.3 is 10.3 Å². The van der Waals surface area contributed by atoms with Gasteiger partial charge in [0.2, 0.25) is 0 Å². The van der Waals surface area contributed by atoms with Gasteiger partial charge in [-0.1, -0.05) is 19.0 Å². The van der Waals surface area contributed by atoms with Crippen LogP contribution in [0, 0.1) is 12.8 Å². The number of hydrogen-bond acceptors (Lipinski definition) is 4. The summed E-state index contributed by atoms with van der Waals surface area (Å²) in [5, 5.41) is 3.66. The second kappa shape index (κ2) is 5.07. The molecule has 0 amide bonds. The molecule has 0 saturated carbocycles. The normalized spacial score (nSPS) is 13.1. The Hall–Kier alpha value is -1.16. The van der Waals surface area contributed by atoms with Gasteiger partial charge in [0.1, 0.15) is 6.26 Å². The van der Waals surface area contributed by atoms with E-state index in [1.165, 1.54) is 6.26 Å². The molecule has 1 rings (SSSR count). The summed E-state index contributed by atoms with van der Waals surface area (Å²) >= 11 is 0.